The molecule has 172 valence electrons. The van der Waals surface area contributed by atoms with E-state index in [1.54, 1.807) is 0 Å². The van der Waals surface area contributed by atoms with Gasteiger partial charge in [-0.3, -0.25) is 0 Å². The van der Waals surface area contributed by atoms with E-state index in [4.69, 9.17) is 9.47 Å². The normalized spacial score (nSPS) is 11.8. The Labute approximate surface area is 205 Å². The van der Waals surface area contributed by atoms with Crippen LogP contribution in [0.1, 0.15) is 33.3 Å². The smallest absolute Gasteiger partial charge is 0.299 e. The van der Waals surface area contributed by atoms with Crippen LogP contribution in [0.2, 0.25) is 0 Å². The van der Waals surface area contributed by atoms with Crippen LogP contribution < -0.4 is 14.8 Å². The predicted octanol–water partition coefficient (Wildman–Crippen LogP) is 6.28. The highest BCUT2D eigenvalue weighted by Gasteiger charge is 2.20. The average Bonchev–Trinajstić information content (AvgIpc) is 3.46. The zero-order valence-electron chi connectivity index (χ0n) is 18.6. The molecule has 0 saturated carbocycles. The maximum Gasteiger partial charge on any atom is 0.299 e. The fourth-order valence-corrected chi connectivity index (χ4v) is 5.68. The summed E-state index contributed by atoms with van der Waals surface area (Å²) in [5, 5.41) is 23.7. The van der Waals surface area contributed by atoms with Gasteiger partial charge >= 0.3 is 0 Å². The molecular formula is C23H25N5O2S3. The molecule has 0 amide bonds. The summed E-state index contributed by atoms with van der Waals surface area (Å²) in [5.41, 5.74) is 2.39. The Morgan fingerprint density at radius 1 is 0.879 bits per heavy atom. The van der Waals surface area contributed by atoms with Gasteiger partial charge in [-0.25, -0.2) is 0 Å². The van der Waals surface area contributed by atoms with Crippen molar-refractivity contribution in [3.8, 4) is 16.7 Å². The lowest BCUT2D eigenvalue weighted by Crippen LogP contribution is -2.08. The van der Waals surface area contributed by atoms with Gasteiger partial charge in [0, 0.05) is 6.42 Å². The number of thioether (sulfide) groups is 1. The molecule has 0 aliphatic heterocycles. The topological polar surface area (TPSA) is 82.1 Å². The lowest BCUT2D eigenvalue weighted by atomic mass is 10.2. The van der Waals surface area contributed by atoms with Gasteiger partial charge in [-0.1, -0.05) is 70.1 Å². The Morgan fingerprint density at radius 3 is 2.27 bits per heavy atom. The third-order valence-corrected chi connectivity index (χ3v) is 7.69. The molecule has 0 aliphatic rings. The largest absolute Gasteiger partial charge is 0.473 e. The lowest BCUT2D eigenvalue weighted by molar-refractivity contribution is 0.346. The van der Waals surface area contributed by atoms with Gasteiger partial charge in [0.1, 0.15) is 21.5 Å². The first-order valence-electron chi connectivity index (χ1n) is 10.5. The van der Waals surface area contributed by atoms with Crippen molar-refractivity contribution < 1.29 is 9.47 Å². The van der Waals surface area contributed by atoms with Crippen LogP contribution in [0.5, 0.6) is 16.7 Å². The number of anilines is 1. The zero-order valence-corrected chi connectivity index (χ0v) is 21.1. The minimum atomic E-state index is 0.154. The minimum absolute atomic E-state index is 0.154. The highest BCUT2D eigenvalue weighted by molar-refractivity contribution is 7.99. The van der Waals surface area contributed by atoms with Crippen LogP contribution >= 0.6 is 34.4 Å². The summed E-state index contributed by atoms with van der Waals surface area (Å²) in [4.78, 5) is 0. The minimum Gasteiger partial charge on any atom is -0.473 e. The molecule has 2 aromatic carbocycles. The average molecular weight is 500 g/mol. The van der Waals surface area contributed by atoms with E-state index in [9.17, 15) is 0 Å². The molecule has 2 aromatic heterocycles. The molecular weight excluding hydrogens is 474 g/mol. The molecule has 1 unspecified atom stereocenters. The molecule has 4 rings (SSSR count). The van der Waals surface area contributed by atoms with Crippen molar-refractivity contribution in [2.45, 2.75) is 32.4 Å². The summed E-state index contributed by atoms with van der Waals surface area (Å²) >= 11 is 4.82. The van der Waals surface area contributed by atoms with E-state index in [1.165, 1.54) is 33.8 Å². The highest BCUT2D eigenvalue weighted by atomic mass is 32.2. The predicted molar refractivity (Wildman–Crippen MR) is 136 cm³/mol. The van der Waals surface area contributed by atoms with Gasteiger partial charge in [-0.2, -0.15) is 11.8 Å². The Balaban J connectivity index is 1.33. The Kier molecular flexibility index (Phi) is 8.14. The molecule has 0 saturated heterocycles. The maximum atomic E-state index is 5.84. The van der Waals surface area contributed by atoms with Gasteiger partial charge in [0.15, 0.2) is 6.73 Å². The molecule has 0 fully saturated rings. The van der Waals surface area contributed by atoms with Crippen molar-refractivity contribution in [1.29, 1.82) is 0 Å². The second-order valence-corrected chi connectivity index (χ2v) is 10.8. The van der Waals surface area contributed by atoms with Crippen molar-refractivity contribution in [2.24, 2.45) is 0 Å². The number of aryl methyl sites for hydroxylation is 2. The maximum absolute atomic E-state index is 5.84. The van der Waals surface area contributed by atoms with Gasteiger partial charge in [-0.15, -0.1) is 15.3 Å². The number of hydrogen-bond donors (Lipinski definition) is 1. The second kappa shape index (κ2) is 11.4. The molecule has 4 aromatic rings. The number of nitrogens with zero attached hydrogens (tertiary/aromatic N) is 4. The number of nitrogens with one attached hydrogen (secondary N) is 1. The van der Waals surface area contributed by atoms with Crippen LogP contribution in [0.15, 0.2) is 48.5 Å². The second-order valence-electron chi connectivity index (χ2n) is 7.25. The van der Waals surface area contributed by atoms with Crippen LogP contribution in [0.3, 0.4) is 0 Å². The Hall–Kier alpha value is -2.69. The fraction of sp³-hybridized carbons (Fsp3) is 0.304. The van der Waals surface area contributed by atoms with Crippen molar-refractivity contribution in [3.63, 3.8) is 0 Å². The molecule has 10 heteroatoms. The van der Waals surface area contributed by atoms with E-state index < -0.39 is 0 Å². The van der Waals surface area contributed by atoms with E-state index in [0.717, 1.165) is 38.8 Å². The summed E-state index contributed by atoms with van der Waals surface area (Å²) in [6.07, 6.45) is 0.724. The van der Waals surface area contributed by atoms with Crippen LogP contribution in [0.4, 0.5) is 5.13 Å². The first kappa shape index (κ1) is 23.5. The molecule has 1 atom stereocenters. The van der Waals surface area contributed by atoms with E-state index in [0.29, 0.717) is 11.9 Å². The van der Waals surface area contributed by atoms with Crippen molar-refractivity contribution in [2.75, 3.05) is 17.8 Å². The van der Waals surface area contributed by atoms with E-state index in [1.807, 2.05) is 67.2 Å². The van der Waals surface area contributed by atoms with Gasteiger partial charge in [0.05, 0.1) is 5.25 Å². The van der Waals surface area contributed by atoms with Crippen molar-refractivity contribution in [1.82, 2.24) is 20.4 Å². The molecule has 0 spiro atoms. The highest BCUT2D eigenvalue weighted by Crippen LogP contribution is 2.37. The molecule has 0 radical (unpaired) electrons. The van der Waals surface area contributed by atoms with Gasteiger partial charge in [0.25, 0.3) is 5.19 Å². The summed E-state index contributed by atoms with van der Waals surface area (Å²) in [6.45, 7) is 6.57. The summed E-state index contributed by atoms with van der Waals surface area (Å²) < 4.78 is 11.6. The van der Waals surface area contributed by atoms with Crippen molar-refractivity contribution >= 4 is 39.6 Å². The summed E-state index contributed by atoms with van der Waals surface area (Å²) in [7, 11) is 0. The standard InChI is InChI=1S/C23H25N5O2S3/c1-4-31-19(13-20-25-28-23(32-20)30-18-11-7-16(3)8-12-18)21-26-27-22(33-21)24-14-29-17-9-5-15(2)6-10-17/h5-12,19H,4,13-14H2,1-3H3,(H,24,27). The first-order chi connectivity index (χ1) is 16.1. The lowest BCUT2D eigenvalue weighted by Gasteiger charge is -2.10. The number of hydrogen-bond acceptors (Lipinski definition) is 10. The Morgan fingerprint density at radius 2 is 1.58 bits per heavy atom. The number of aromatic nitrogens is 4. The first-order valence-corrected chi connectivity index (χ1v) is 13.2. The Bertz CT molecular complexity index is 1150. The zero-order chi connectivity index (χ0) is 23.0. The fourth-order valence-electron chi connectivity index (χ4n) is 2.90. The number of benzene rings is 2. The molecule has 33 heavy (non-hydrogen) atoms. The third kappa shape index (κ3) is 6.89. The quantitative estimate of drug-likeness (QED) is 0.241. The monoisotopic (exact) mass is 499 g/mol. The third-order valence-electron chi connectivity index (χ3n) is 4.60. The van der Waals surface area contributed by atoms with Crippen molar-refractivity contribution in [3.05, 3.63) is 69.7 Å². The molecule has 1 N–H and O–H groups in total. The summed E-state index contributed by atoms with van der Waals surface area (Å²) in [5.74, 6) is 2.54. The van der Waals surface area contributed by atoms with Gasteiger partial charge in [-0.05, 0) is 43.9 Å². The van der Waals surface area contributed by atoms with Crippen LogP contribution in [-0.4, -0.2) is 32.9 Å². The molecule has 0 bridgehead atoms. The van der Waals surface area contributed by atoms with E-state index in [-0.39, 0.29) is 5.25 Å². The van der Waals surface area contributed by atoms with Crippen LogP contribution in [-0.2, 0) is 6.42 Å². The van der Waals surface area contributed by atoms with E-state index in [2.05, 4.69) is 39.6 Å². The van der Waals surface area contributed by atoms with Gasteiger partial charge in [0.2, 0.25) is 5.13 Å². The summed E-state index contributed by atoms with van der Waals surface area (Å²) in [6, 6.07) is 15.8. The SMILES string of the molecule is CCSC(Cc1nnc(Oc2ccc(C)cc2)s1)c1nnc(NCOc2ccc(C)cc2)s1. The number of rotatable bonds is 11. The molecule has 7 nitrogen and oxygen atoms in total. The van der Waals surface area contributed by atoms with Crippen LogP contribution in [0, 0.1) is 13.8 Å². The van der Waals surface area contributed by atoms with Crippen LogP contribution in [0.25, 0.3) is 0 Å². The van der Waals surface area contributed by atoms with Gasteiger partial charge < -0.3 is 14.8 Å². The van der Waals surface area contributed by atoms with E-state index >= 15 is 0 Å². The molecule has 0 aliphatic carbocycles. The number of ether oxygens (including phenoxy) is 2. The molecule has 2 heterocycles.